The lowest BCUT2D eigenvalue weighted by Gasteiger charge is -2.18. The highest BCUT2D eigenvalue weighted by Crippen LogP contribution is 2.35. The third-order valence-electron chi connectivity index (χ3n) is 18.3. The summed E-state index contributed by atoms with van der Waals surface area (Å²) in [6.45, 7) is 45.4. The van der Waals surface area contributed by atoms with E-state index in [-0.39, 0.29) is 53.8 Å². The zero-order valence-corrected chi connectivity index (χ0v) is 73.1. The molecule has 0 amide bonds. The van der Waals surface area contributed by atoms with Crippen molar-refractivity contribution in [2.24, 2.45) is 0 Å². The first-order chi connectivity index (χ1) is 56.7. The molecule has 10 aromatic rings. The number of nitriles is 2. The number of unbranched alkanes of at least 4 members (excludes halogenated alkanes) is 1. The Kier molecular flexibility index (Phi) is 35.1. The van der Waals surface area contributed by atoms with Gasteiger partial charge in [-0.3, -0.25) is 71.7 Å². The van der Waals surface area contributed by atoms with Crippen LogP contribution in [0.4, 0.5) is 0 Å². The Bertz CT molecular complexity index is 6010. The monoisotopic (exact) mass is 1640 g/mol. The van der Waals surface area contributed by atoms with Gasteiger partial charge >= 0.3 is 28.4 Å². The zero-order valence-electron chi connectivity index (χ0n) is 73.1. The standard InChI is InChI=1S/C19H23N3O3.2C19H24N2O3.C19H22N2O3.C17H19N3O3/c1-5-6-7-22-18(16(12(2)3)17(23)21-19(22)24)25-15-9-13(4)8-14(10-15)11-20;3*1-6-7-8-21-18(16(12(2)3)17(22)20-19(21)23)24-15-10-13(4)9-14(5)11-15;1-5-20-16(14(10(2)3)15(21)19-17(20)22)23-13-7-11(4)6-12(8-13)9-18/h8-10,12H,5-7H2,1-4H3,(H,21,23,24);2*6-7,9-12H,8H2,1-5H3,(H,20,22,23);9-12H,8H2,1-5H3,(H,20,22,23);6-8,10H,5H2,1-4H3,(H,19,21,22)/b;7-6+;7-6-;;. The Morgan fingerprint density at radius 1 is 0.350 bits per heavy atom. The second kappa shape index (κ2) is 44.2. The van der Waals surface area contributed by atoms with E-state index >= 15 is 0 Å². The van der Waals surface area contributed by atoms with Gasteiger partial charge in [-0.2, -0.15) is 10.5 Å². The highest BCUT2D eigenvalue weighted by atomic mass is 16.5. The molecular weight excluding hydrogens is 1530 g/mol. The van der Waals surface area contributed by atoms with Crippen LogP contribution >= 0.6 is 0 Å². The minimum Gasteiger partial charge on any atom is -0.440 e. The number of hydrogen-bond acceptors (Lipinski definition) is 17. The van der Waals surface area contributed by atoms with Crippen molar-refractivity contribution in [3.63, 3.8) is 0 Å². The molecule has 120 heavy (non-hydrogen) atoms. The largest absolute Gasteiger partial charge is 0.440 e. The maximum absolute atomic E-state index is 12.3. The van der Waals surface area contributed by atoms with Crippen molar-refractivity contribution in [1.82, 2.24) is 47.8 Å². The van der Waals surface area contributed by atoms with Gasteiger partial charge in [-0.1, -0.05) is 131 Å². The van der Waals surface area contributed by atoms with Gasteiger partial charge < -0.3 is 23.7 Å². The van der Waals surface area contributed by atoms with Gasteiger partial charge in [-0.05, 0) is 236 Å². The Hall–Kier alpha value is -13.5. The number of nitrogens with one attached hydrogen (secondary N) is 5. The van der Waals surface area contributed by atoms with Crippen LogP contribution in [0.3, 0.4) is 0 Å². The number of ether oxygens (including phenoxy) is 5. The molecule has 0 radical (unpaired) electrons. The lowest BCUT2D eigenvalue weighted by atomic mass is 10.1. The molecule has 5 aromatic heterocycles. The summed E-state index contributed by atoms with van der Waals surface area (Å²) in [5, 5.41) is 18.2. The van der Waals surface area contributed by atoms with E-state index < -0.39 is 56.2 Å². The Balaban J connectivity index is 0.000000233. The van der Waals surface area contributed by atoms with E-state index in [2.05, 4.69) is 48.9 Å². The lowest BCUT2D eigenvalue weighted by Crippen LogP contribution is -2.34. The molecular formula is C93H112N12O15. The van der Waals surface area contributed by atoms with E-state index in [1.165, 1.54) is 22.8 Å². The van der Waals surface area contributed by atoms with Gasteiger partial charge in [0.15, 0.2) is 0 Å². The van der Waals surface area contributed by atoms with Crippen LogP contribution in [0, 0.1) is 89.9 Å². The first-order valence-electron chi connectivity index (χ1n) is 39.9. The molecule has 0 bridgehead atoms. The molecule has 0 unspecified atom stereocenters. The fourth-order valence-corrected chi connectivity index (χ4v) is 13.1. The third kappa shape index (κ3) is 25.8. The summed E-state index contributed by atoms with van der Waals surface area (Å²) in [5.74, 6) is 9.17. The van der Waals surface area contributed by atoms with Crippen molar-refractivity contribution in [3.8, 4) is 82.1 Å². The minimum atomic E-state index is -0.522. The van der Waals surface area contributed by atoms with Crippen LogP contribution < -0.4 is 79.9 Å². The Labute approximate surface area is 697 Å². The fraction of sp³-hybridized carbons (Fsp3) is 0.376. The minimum absolute atomic E-state index is 0.0767. The van der Waals surface area contributed by atoms with Gasteiger partial charge in [0, 0.05) is 26.2 Å². The van der Waals surface area contributed by atoms with Crippen LogP contribution in [-0.4, -0.2) is 47.8 Å². The van der Waals surface area contributed by atoms with E-state index in [9.17, 15) is 47.9 Å². The van der Waals surface area contributed by atoms with Gasteiger partial charge in [0.25, 0.3) is 27.8 Å². The number of aromatic nitrogens is 10. The first-order valence-corrected chi connectivity index (χ1v) is 39.9. The number of H-pyrrole nitrogens is 5. The summed E-state index contributed by atoms with van der Waals surface area (Å²) >= 11 is 0. The van der Waals surface area contributed by atoms with Gasteiger partial charge in [-0.15, -0.1) is 5.92 Å². The van der Waals surface area contributed by atoms with Crippen LogP contribution in [0.5, 0.6) is 58.1 Å². The van der Waals surface area contributed by atoms with Gasteiger partial charge in [-0.25, -0.2) is 24.0 Å². The summed E-state index contributed by atoms with van der Waals surface area (Å²) in [7, 11) is 0. The molecule has 0 aliphatic carbocycles. The highest BCUT2D eigenvalue weighted by Gasteiger charge is 2.26. The molecule has 0 spiro atoms. The summed E-state index contributed by atoms with van der Waals surface area (Å²) in [6, 6.07) is 31.8. The van der Waals surface area contributed by atoms with Gasteiger partial charge in [0.05, 0.1) is 57.6 Å². The number of hydrogen-bond donors (Lipinski definition) is 5. The second-order valence-electron chi connectivity index (χ2n) is 30.6. The molecule has 0 saturated carbocycles. The van der Waals surface area contributed by atoms with Crippen LogP contribution in [-0.2, 0) is 32.7 Å². The van der Waals surface area contributed by atoms with Crippen molar-refractivity contribution in [3.05, 3.63) is 303 Å². The molecule has 0 saturated heterocycles. The molecule has 0 fully saturated rings. The number of rotatable bonds is 24. The SMILES string of the molecule is C/C=C/Cn1c(Oc2cc(C)cc(C)c2)c(C(C)C)c(=O)[nH]c1=O.C/C=C\Cn1c(Oc2cc(C)cc(C)c2)c(C(C)C)c(=O)[nH]c1=O.CC#CCn1c(Oc2cc(C)cc(C)c2)c(C(C)C)c(=O)[nH]c1=O.CCCCn1c(Oc2cc(C)cc(C#N)c2)c(C(C)C)c(=O)[nH]c1=O.CCn1c(Oc2cc(C)cc(C#N)c2)c(C(C)C)c(=O)[nH]c1=O. The van der Waals surface area contributed by atoms with E-state index in [0.29, 0.717) is 106 Å². The third-order valence-corrected chi connectivity index (χ3v) is 18.3. The topological polar surface area (TPSA) is 368 Å². The van der Waals surface area contributed by atoms with E-state index in [4.69, 9.17) is 34.2 Å². The summed E-state index contributed by atoms with van der Waals surface area (Å²) in [5.41, 5.74) is 6.64. The molecule has 0 aliphatic rings. The number of nitrogens with zero attached hydrogens (tertiary/aromatic N) is 7. The molecule has 5 N–H and O–H groups in total. The zero-order chi connectivity index (χ0) is 89.3. The van der Waals surface area contributed by atoms with E-state index in [0.717, 1.165) is 57.3 Å². The molecule has 5 aromatic carbocycles. The van der Waals surface area contributed by atoms with Crippen molar-refractivity contribution in [2.75, 3.05) is 0 Å². The van der Waals surface area contributed by atoms with Crippen LogP contribution in [0.1, 0.15) is 230 Å². The number of allylic oxidation sites excluding steroid dienone is 4. The number of aromatic amines is 5. The number of benzene rings is 5. The average Bonchev–Trinajstić information content (AvgIpc) is 1.10. The van der Waals surface area contributed by atoms with Crippen molar-refractivity contribution < 1.29 is 23.7 Å². The van der Waals surface area contributed by atoms with Gasteiger partial charge in [0.2, 0.25) is 29.4 Å². The molecule has 0 atom stereocenters. The van der Waals surface area contributed by atoms with Crippen molar-refractivity contribution in [2.45, 2.75) is 234 Å². The smallest absolute Gasteiger partial charge is 0.332 e. The molecule has 27 nitrogen and oxygen atoms in total. The molecule has 10 rings (SSSR count). The molecule has 5 heterocycles. The normalized spacial score (nSPS) is 10.9. The predicted molar refractivity (Wildman–Crippen MR) is 471 cm³/mol. The average molecular weight is 1640 g/mol. The highest BCUT2D eigenvalue weighted by molar-refractivity contribution is 5.46. The summed E-state index contributed by atoms with van der Waals surface area (Å²) in [4.78, 5) is 134. The van der Waals surface area contributed by atoms with Crippen molar-refractivity contribution >= 4 is 0 Å². The van der Waals surface area contributed by atoms with Gasteiger partial charge in [0.1, 0.15) is 28.7 Å². The van der Waals surface area contributed by atoms with Crippen LogP contribution in [0.15, 0.2) is 163 Å². The second-order valence-corrected chi connectivity index (χ2v) is 30.6. The predicted octanol–water partition coefficient (Wildman–Crippen LogP) is 16.5. The summed E-state index contributed by atoms with van der Waals surface area (Å²) < 4.78 is 37.0. The number of aryl methyl sites for hydroxylation is 8. The Morgan fingerprint density at radius 3 is 0.850 bits per heavy atom. The van der Waals surface area contributed by atoms with E-state index in [1.807, 2.05) is 224 Å². The van der Waals surface area contributed by atoms with Crippen LogP contribution in [0.25, 0.3) is 0 Å². The summed E-state index contributed by atoms with van der Waals surface area (Å²) in [6.07, 6.45) is 9.10. The quantitative estimate of drug-likeness (QED) is 0.0277. The molecule has 27 heteroatoms. The fourth-order valence-electron chi connectivity index (χ4n) is 13.1. The first kappa shape index (κ1) is 95.4. The maximum Gasteiger partial charge on any atom is 0.332 e. The lowest BCUT2D eigenvalue weighted by molar-refractivity contribution is 0.397. The molecule has 634 valence electrons. The van der Waals surface area contributed by atoms with Crippen molar-refractivity contribution in [1.29, 1.82) is 10.5 Å². The Morgan fingerprint density at radius 2 is 0.592 bits per heavy atom. The van der Waals surface area contributed by atoms with E-state index in [1.54, 1.807) is 50.2 Å². The molecule has 0 aliphatic heterocycles. The van der Waals surface area contributed by atoms with Crippen LogP contribution in [0.2, 0.25) is 0 Å². The maximum atomic E-state index is 12.3.